The van der Waals surface area contributed by atoms with Crippen LogP contribution in [0, 0.1) is 5.92 Å². The lowest BCUT2D eigenvalue weighted by atomic mass is 10.0. The van der Waals surface area contributed by atoms with E-state index < -0.39 is 17.7 Å². The second kappa shape index (κ2) is 7.98. The maximum Gasteiger partial charge on any atom is 0.251 e. The first-order valence-electron chi connectivity index (χ1n) is 8.45. The van der Waals surface area contributed by atoms with Crippen LogP contribution in [0.25, 0.3) is 0 Å². The summed E-state index contributed by atoms with van der Waals surface area (Å²) in [5, 5.41) is 3.14. The van der Waals surface area contributed by atoms with E-state index in [1.165, 1.54) is 16.7 Å². The molecule has 2 aromatic rings. The van der Waals surface area contributed by atoms with Gasteiger partial charge in [0.2, 0.25) is 5.91 Å². The van der Waals surface area contributed by atoms with Crippen LogP contribution in [0.15, 0.2) is 53.5 Å². The summed E-state index contributed by atoms with van der Waals surface area (Å²) in [7, 11) is 0. The van der Waals surface area contributed by atoms with Gasteiger partial charge in [-0.15, -0.1) is 0 Å². The minimum absolute atomic E-state index is 0.0401. The van der Waals surface area contributed by atoms with E-state index in [2.05, 4.69) is 24.2 Å². The molecule has 27 heavy (non-hydrogen) atoms. The third-order valence-electron chi connectivity index (χ3n) is 4.22. The lowest BCUT2D eigenvalue weighted by molar-refractivity contribution is -0.130. The number of halogens is 1. The Kier molecular flexibility index (Phi) is 5.68. The van der Waals surface area contributed by atoms with Gasteiger partial charge < -0.3 is 5.32 Å². The van der Waals surface area contributed by atoms with Crippen molar-refractivity contribution in [3.8, 4) is 0 Å². The highest BCUT2D eigenvalue weighted by Gasteiger charge is 2.38. The van der Waals surface area contributed by atoms with Crippen molar-refractivity contribution < 1.29 is 9.59 Å². The molecule has 0 saturated carbocycles. The van der Waals surface area contributed by atoms with Crippen LogP contribution in [0.5, 0.6) is 0 Å². The van der Waals surface area contributed by atoms with Crippen LogP contribution in [0.3, 0.4) is 0 Å². The van der Waals surface area contributed by atoms with Gasteiger partial charge in [-0.25, -0.2) is 0 Å². The van der Waals surface area contributed by atoms with Crippen molar-refractivity contribution in [2.24, 2.45) is 10.9 Å². The number of thiocarbonyl (C=S) groups is 1. The predicted octanol–water partition coefficient (Wildman–Crippen LogP) is 4.23. The molecular formula is C20H18ClN3O2S. The van der Waals surface area contributed by atoms with Crippen LogP contribution in [0.2, 0.25) is 5.02 Å². The highest BCUT2D eigenvalue weighted by Crippen LogP contribution is 2.23. The first-order chi connectivity index (χ1) is 12.9. The van der Waals surface area contributed by atoms with E-state index in [0.29, 0.717) is 22.3 Å². The zero-order valence-corrected chi connectivity index (χ0v) is 16.4. The summed E-state index contributed by atoms with van der Waals surface area (Å²) in [6.45, 7) is 4.22. The summed E-state index contributed by atoms with van der Waals surface area (Å²) < 4.78 is 0. The molecule has 2 amide bonds. The Morgan fingerprint density at radius 2 is 1.74 bits per heavy atom. The molecule has 0 aromatic heterocycles. The van der Waals surface area contributed by atoms with E-state index in [-0.39, 0.29) is 5.11 Å². The second-order valence-corrected chi connectivity index (χ2v) is 7.27. The normalized spacial score (nSPS) is 17.7. The topological polar surface area (TPSA) is 61.8 Å². The zero-order valence-electron chi connectivity index (χ0n) is 14.8. The van der Waals surface area contributed by atoms with E-state index in [1.807, 2.05) is 24.3 Å². The minimum atomic E-state index is -1.06. The number of hydrogen-bond donors (Lipinski definition) is 1. The van der Waals surface area contributed by atoms with Crippen LogP contribution in [0.1, 0.15) is 25.3 Å². The van der Waals surface area contributed by atoms with Crippen molar-refractivity contribution in [3.63, 3.8) is 0 Å². The molecule has 2 aromatic carbocycles. The number of benzene rings is 2. The van der Waals surface area contributed by atoms with Crippen LogP contribution in [-0.2, 0) is 9.59 Å². The molecule has 1 saturated heterocycles. The quantitative estimate of drug-likeness (QED) is 0.475. The summed E-state index contributed by atoms with van der Waals surface area (Å²) in [5.41, 5.74) is 2.40. The number of carbonyl (C=O) groups is 2. The van der Waals surface area contributed by atoms with Crippen LogP contribution >= 0.6 is 23.8 Å². The van der Waals surface area contributed by atoms with Crippen molar-refractivity contribution in [2.45, 2.75) is 19.8 Å². The van der Waals surface area contributed by atoms with Crippen LogP contribution < -0.4 is 10.2 Å². The fourth-order valence-electron chi connectivity index (χ4n) is 2.66. The molecule has 1 heterocycles. The van der Waals surface area contributed by atoms with Gasteiger partial charge in [-0.1, -0.05) is 37.6 Å². The van der Waals surface area contributed by atoms with Gasteiger partial charge >= 0.3 is 0 Å². The molecule has 138 valence electrons. The van der Waals surface area contributed by atoms with Gasteiger partial charge in [-0.3, -0.25) is 19.5 Å². The van der Waals surface area contributed by atoms with Gasteiger partial charge in [0.25, 0.3) is 5.91 Å². The lowest BCUT2D eigenvalue weighted by Crippen LogP contribution is -2.58. The van der Waals surface area contributed by atoms with E-state index in [9.17, 15) is 9.59 Å². The van der Waals surface area contributed by atoms with Gasteiger partial charge in [-0.2, -0.15) is 0 Å². The van der Waals surface area contributed by atoms with E-state index >= 15 is 0 Å². The molecule has 0 spiro atoms. The Balaban J connectivity index is 1.83. The van der Waals surface area contributed by atoms with E-state index in [0.717, 1.165) is 0 Å². The summed E-state index contributed by atoms with van der Waals surface area (Å²) >= 11 is 11.1. The third kappa shape index (κ3) is 4.23. The fraction of sp³-hybridized carbons (Fsp3) is 0.200. The minimum Gasteiger partial charge on any atom is -0.301 e. The molecule has 0 aliphatic carbocycles. The maximum atomic E-state index is 12.8. The maximum absolute atomic E-state index is 12.8. The van der Waals surface area contributed by atoms with Gasteiger partial charge in [0, 0.05) is 11.2 Å². The summed E-state index contributed by atoms with van der Waals surface area (Å²) in [5.74, 6) is -1.58. The van der Waals surface area contributed by atoms with Crippen LogP contribution in [-0.4, -0.2) is 23.1 Å². The van der Waals surface area contributed by atoms with Crippen LogP contribution in [0.4, 0.5) is 11.4 Å². The highest BCUT2D eigenvalue weighted by molar-refractivity contribution is 7.80. The monoisotopic (exact) mass is 399 g/mol. The van der Waals surface area contributed by atoms with Crippen molar-refractivity contribution in [2.75, 3.05) is 4.90 Å². The largest absolute Gasteiger partial charge is 0.301 e. The average Bonchev–Trinajstić information content (AvgIpc) is 2.63. The van der Waals surface area contributed by atoms with E-state index in [4.69, 9.17) is 23.8 Å². The SMILES string of the molecule is CC(C)c1ccc(N=C[C@H]2C(=O)NC(=S)N(c3ccc(Cl)cc3)C2=O)cc1. The molecule has 0 unspecified atom stereocenters. The molecule has 1 aliphatic heterocycles. The molecule has 0 bridgehead atoms. The summed E-state index contributed by atoms with van der Waals surface area (Å²) in [6, 6.07) is 14.3. The Morgan fingerprint density at radius 3 is 2.33 bits per heavy atom. The standard InChI is InChI=1S/C20H18ClN3O2S/c1-12(2)13-3-7-15(8-4-13)22-11-17-18(25)23-20(27)24(19(17)26)16-9-5-14(21)6-10-16/h3-12,17H,1-2H3,(H,23,25,27)/t17-/m0/s1. The van der Waals surface area contributed by atoms with Gasteiger partial charge in [0.05, 0.1) is 11.4 Å². The Morgan fingerprint density at radius 1 is 1.11 bits per heavy atom. The summed E-state index contributed by atoms with van der Waals surface area (Å²) in [6.07, 6.45) is 1.35. The number of nitrogens with one attached hydrogen (secondary N) is 1. The number of carbonyl (C=O) groups excluding carboxylic acids is 2. The number of rotatable bonds is 4. The number of amides is 2. The average molecular weight is 400 g/mol. The Bertz CT molecular complexity index is 908. The van der Waals surface area contributed by atoms with Crippen molar-refractivity contribution >= 4 is 58.3 Å². The Hall–Kier alpha value is -2.57. The molecule has 1 atom stereocenters. The molecular weight excluding hydrogens is 382 g/mol. The van der Waals surface area contributed by atoms with E-state index in [1.54, 1.807) is 24.3 Å². The van der Waals surface area contributed by atoms with Gasteiger partial charge in [0.15, 0.2) is 11.0 Å². The second-order valence-electron chi connectivity index (χ2n) is 6.45. The van der Waals surface area contributed by atoms with Crippen molar-refractivity contribution in [1.82, 2.24) is 5.32 Å². The van der Waals surface area contributed by atoms with Crippen molar-refractivity contribution in [3.05, 3.63) is 59.1 Å². The number of anilines is 1. The number of nitrogens with zero attached hydrogens (tertiary/aromatic N) is 2. The molecule has 1 fully saturated rings. The predicted molar refractivity (Wildman–Crippen MR) is 112 cm³/mol. The molecule has 3 rings (SSSR count). The smallest absolute Gasteiger partial charge is 0.251 e. The van der Waals surface area contributed by atoms with Gasteiger partial charge in [0.1, 0.15) is 0 Å². The first kappa shape index (κ1) is 19.2. The molecule has 7 heteroatoms. The lowest BCUT2D eigenvalue weighted by Gasteiger charge is -2.30. The van der Waals surface area contributed by atoms with Gasteiger partial charge in [-0.05, 0) is 60.1 Å². The number of aliphatic imine (C=N–C) groups is 1. The first-order valence-corrected chi connectivity index (χ1v) is 9.24. The summed E-state index contributed by atoms with van der Waals surface area (Å²) in [4.78, 5) is 30.7. The zero-order chi connectivity index (χ0) is 19.6. The molecule has 1 N–H and O–H groups in total. The molecule has 0 radical (unpaired) electrons. The molecule has 1 aliphatic rings. The third-order valence-corrected chi connectivity index (χ3v) is 4.76. The van der Waals surface area contributed by atoms with Crippen molar-refractivity contribution in [1.29, 1.82) is 0 Å². The molecule has 5 nitrogen and oxygen atoms in total. The highest BCUT2D eigenvalue weighted by atomic mass is 35.5. The fourth-order valence-corrected chi connectivity index (χ4v) is 3.08. The number of hydrogen-bond acceptors (Lipinski definition) is 4. The Labute approximate surface area is 168 Å².